The Balaban J connectivity index is 1.99. The monoisotopic (exact) mass is 271 g/mol. The lowest BCUT2D eigenvalue weighted by molar-refractivity contribution is -0.138. The zero-order chi connectivity index (χ0) is 13.7. The molecule has 2 rings (SSSR count). The van der Waals surface area contributed by atoms with E-state index in [4.69, 9.17) is 0 Å². The van der Waals surface area contributed by atoms with Gasteiger partial charge in [0.2, 0.25) is 0 Å². The number of benzene rings is 1. The summed E-state index contributed by atoms with van der Waals surface area (Å²) >= 11 is 0. The lowest BCUT2D eigenvalue weighted by Gasteiger charge is -2.17. The van der Waals surface area contributed by atoms with Crippen LogP contribution in [0.4, 0.5) is 13.2 Å². The van der Waals surface area contributed by atoms with Crippen LogP contribution in [-0.4, -0.2) is 12.6 Å². The van der Waals surface area contributed by atoms with Gasteiger partial charge in [-0.05, 0) is 43.9 Å². The molecule has 1 nitrogen and oxygen atoms in total. The SMILES string of the molecule is FC(F)(F)c1ccccc1CCC1CCCCCN1. The van der Waals surface area contributed by atoms with E-state index in [0.29, 0.717) is 18.0 Å². The molecule has 1 unspecified atom stereocenters. The van der Waals surface area contributed by atoms with Gasteiger partial charge in [-0.3, -0.25) is 0 Å². The van der Waals surface area contributed by atoms with E-state index in [-0.39, 0.29) is 0 Å². The first-order valence-corrected chi connectivity index (χ1v) is 6.96. The molecular formula is C15H20F3N. The van der Waals surface area contributed by atoms with E-state index in [1.165, 1.54) is 31.4 Å². The Kier molecular flexibility index (Phi) is 4.86. The Morgan fingerprint density at radius 2 is 1.89 bits per heavy atom. The summed E-state index contributed by atoms with van der Waals surface area (Å²) in [6.45, 7) is 0.992. The predicted octanol–water partition coefficient (Wildman–Crippen LogP) is 4.17. The second-order valence-corrected chi connectivity index (χ2v) is 5.19. The van der Waals surface area contributed by atoms with Crippen molar-refractivity contribution in [3.05, 3.63) is 35.4 Å². The van der Waals surface area contributed by atoms with Crippen LogP contribution in [-0.2, 0) is 12.6 Å². The van der Waals surface area contributed by atoms with Crippen LogP contribution in [0.25, 0.3) is 0 Å². The molecule has 1 aliphatic heterocycles. The van der Waals surface area contributed by atoms with Crippen LogP contribution in [0.2, 0.25) is 0 Å². The Morgan fingerprint density at radius 3 is 2.68 bits per heavy atom. The molecule has 1 aromatic carbocycles. The number of halogens is 3. The minimum absolute atomic E-state index is 0.365. The van der Waals surface area contributed by atoms with Crippen LogP contribution in [0.1, 0.15) is 43.2 Å². The van der Waals surface area contributed by atoms with Crippen molar-refractivity contribution < 1.29 is 13.2 Å². The molecule has 0 aliphatic carbocycles. The smallest absolute Gasteiger partial charge is 0.314 e. The number of rotatable bonds is 3. The predicted molar refractivity (Wildman–Crippen MR) is 70.0 cm³/mol. The second-order valence-electron chi connectivity index (χ2n) is 5.19. The topological polar surface area (TPSA) is 12.0 Å². The summed E-state index contributed by atoms with van der Waals surface area (Å²) in [5.41, 5.74) is -0.0651. The van der Waals surface area contributed by atoms with Crippen molar-refractivity contribution in [3.63, 3.8) is 0 Å². The van der Waals surface area contributed by atoms with Crippen molar-refractivity contribution in [2.24, 2.45) is 0 Å². The molecule has 0 amide bonds. The number of hydrogen-bond donors (Lipinski definition) is 1. The van der Waals surface area contributed by atoms with Crippen molar-refractivity contribution >= 4 is 0 Å². The summed E-state index contributed by atoms with van der Waals surface area (Å²) in [5.74, 6) is 0. The standard InChI is InChI=1S/C15H20F3N/c16-15(17,18)14-8-4-3-6-12(14)9-10-13-7-2-1-5-11-19-13/h3-4,6,8,13,19H,1-2,5,7,9-11H2. The van der Waals surface area contributed by atoms with Gasteiger partial charge in [-0.15, -0.1) is 0 Å². The molecule has 1 fully saturated rings. The maximum Gasteiger partial charge on any atom is 0.416 e. The van der Waals surface area contributed by atoms with E-state index in [1.807, 2.05) is 0 Å². The molecule has 106 valence electrons. The molecule has 0 spiro atoms. The number of alkyl halides is 3. The quantitative estimate of drug-likeness (QED) is 0.870. The fraction of sp³-hybridized carbons (Fsp3) is 0.600. The van der Waals surface area contributed by atoms with Gasteiger partial charge in [0.15, 0.2) is 0 Å². The van der Waals surface area contributed by atoms with Crippen molar-refractivity contribution in [2.45, 2.75) is 50.7 Å². The highest BCUT2D eigenvalue weighted by Crippen LogP contribution is 2.32. The summed E-state index contributed by atoms with van der Waals surface area (Å²) in [5, 5.41) is 3.43. The van der Waals surface area contributed by atoms with Gasteiger partial charge in [0.05, 0.1) is 5.56 Å². The first kappa shape index (κ1) is 14.4. The maximum atomic E-state index is 12.9. The number of nitrogens with one attached hydrogen (secondary N) is 1. The number of aryl methyl sites for hydroxylation is 1. The summed E-state index contributed by atoms with van der Waals surface area (Å²) in [4.78, 5) is 0. The Labute approximate surface area is 112 Å². The van der Waals surface area contributed by atoms with Gasteiger partial charge in [0.25, 0.3) is 0 Å². The first-order valence-electron chi connectivity index (χ1n) is 6.96. The zero-order valence-corrected chi connectivity index (χ0v) is 11.0. The van der Waals surface area contributed by atoms with E-state index in [0.717, 1.165) is 19.4 Å². The van der Waals surface area contributed by atoms with E-state index in [1.54, 1.807) is 12.1 Å². The second kappa shape index (κ2) is 6.42. The number of hydrogen-bond acceptors (Lipinski definition) is 1. The van der Waals surface area contributed by atoms with Crippen LogP contribution >= 0.6 is 0 Å². The normalized spacial score (nSPS) is 21.1. The zero-order valence-electron chi connectivity index (χ0n) is 11.0. The van der Waals surface area contributed by atoms with Crippen LogP contribution in [0.15, 0.2) is 24.3 Å². The minimum Gasteiger partial charge on any atom is -0.314 e. The molecule has 0 radical (unpaired) electrons. The Bertz CT molecular complexity index is 393. The third-order valence-electron chi connectivity index (χ3n) is 3.75. The molecule has 1 atom stereocenters. The molecular weight excluding hydrogens is 251 g/mol. The maximum absolute atomic E-state index is 12.9. The van der Waals surface area contributed by atoms with Crippen LogP contribution in [0.5, 0.6) is 0 Å². The lowest BCUT2D eigenvalue weighted by Crippen LogP contribution is -2.28. The summed E-state index contributed by atoms with van der Waals surface area (Å²) in [7, 11) is 0. The van der Waals surface area contributed by atoms with Gasteiger partial charge >= 0.3 is 6.18 Å². The van der Waals surface area contributed by atoms with Gasteiger partial charge in [-0.1, -0.05) is 31.0 Å². The van der Waals surface area contributed by atoms with Gasteiger partial charge in [0, 0.05) is 6.04 Å². The highest BCUT2D eigenvalue weighted by Gasteiger charge is 2.32. The Morgan fingerprint density at radius 1 is 1.11 bits per heavy atom. The van der Waals surface area contributed by atoms with Gasteiger partial charge < -0.3 is 5.32 Å². The first-order chi connectivity index (χ1) is 9.07. The largest absolute Gasteiger partial charge is 0.416 e. The summed E-state index contributed by atoms with van der Waals surface area (Å²) in [6.07, 6.45) is 1.69. The Hall–Kier alpha value is -1.03. The minimum atomic E-state index is -4.24. The highest BCUT2D eigenvalue weighted by molar-refractivity contribution is 5.29. The van der Waals surface area contributed by atoms with E-state index >= 15 is 0 Å². The van der Waals surface area contributed by atoms with Gasteiger partial charge in [-0.2, -0.15) is 13.2 Å². The third kappa shape index (κ3) is 4.23. The lowest BCUT2D eigenvalue weighted by atomic mass is 9.98. The van der Waals surface area contributed by atoms with Gasteiger partial charge in [-0.25, -0.2) is 0 Å². The molecule has 19 heavy (non-hydrogen) atoms. The van der Waals surface area contributed by atoms with Crippen molar-refractivity contribution in [1.82, 2.24) is 5.32 Å². The molecule has 0 saturated carbocycles. The molecule has 1 aromatic rings. The molecule has 0 aromatic heterocycles. The van der Waals surface area contributed by atoms with Crippen LogP contribution in [0, 0.1) is 0 Å². The molecule has 1 N–H and O–H groups in total. The van der Waals surface area contributed by atoms with Crippen molar-refractivity contribution in [3.8, 4) is 0 Å². The molecule has 1 heterocycles. The average molecular weight is 271 g/mol. The van der Waals surface area contributed by atoms with Crippen molar-refractivity contribution in [1.29, 1.82) is 0 Å². The molecule has 0 bridgehead atoms. The molecule has 1 aliphatic rings. The summed E-state index contributed by atoms with van der Waals surface area (Å²) in [6, 6.07) is 6.28. The molecule has 1 saturated heterocycles. The highest BCUT2D eigenvalue weighted by atomic mass is 19.4. The van der Waals surface area contributed by atoms with E-state index < -0.39 is 11.7 Å². The van der Waals surface area contributed by atoms with Gasteiger partial charge in [0.1, 0.15) is 0 Å². The summed E-state index contributed by atoms with van der Waals surface area (Å²) < 4.78 is 38.6. The van der Waals surface area contributed by atoms with E-state index in [2.05, 4.69) is 5.32 Å². The third-order valence-corrected chi connectivity index (χ3v) is 3.75. The average Bonchev–Trinajstić information content (AvgIpc) is 2.64. The fourth-order valence-electron chi connectivity index (χ4n) is 2.69. The van der Waals surface area contributed by atoms with E-state index in [9.17, 15) is 13.2 Å². The van der Waals surface area contributed by atoms with Crippen LogP contribution < -0.4 is 5.32 Å². The van der Waals surface area contributed by atoms with Crippen LogP contribution in [0.3, 0.4) is 0 Å². The van der Waals surface area contributed by atoms with Crippen molar-refractivity contribution in [2.75, 3.05) is 6.54 Å². The fourth-order valence-corrected chi connectivity index (χ4v) is 2.69. The molecule has 4 heteroatoms.